The van der Waals surface area contributed by atoms with Gasteiger partial charge in [0, 0.05) is 33.4 Å². The number of hydrazone groups is 1. The molecule has 1 aliphatic rings. The largest absolute Gasteiger partial charge is 0.481 e. The van der Waals surface area contributed by atoms with Gasteiger partial charge in [-0.05, 0) is 63.3 Å². The maximum atomic E-state index is 12.3. The summed E-state index contributed by atoms with van der Waals surface area (Å²) in [6.45, 7) is 3.86. The smallest absolute Gasteiger partial charge is 0.277 e. The molecule has 1 amide bonds. The Bertz CT molecular complexity index is 1490. The van der Waals surface area contributed by atoms with Crippen molar-refractivity contribution in [1.29, 1.82) is 5.26 Å². The van der Waals surface area contributed by atoms with Crippen molar-refractivity contribution in [3.8, 4) is 16.8 Å². The van der Waals surface area contributed by atoms with Crippen molar-refractivity contribution in [2.24, 2.45) is 5.10 Å². The highest BCUT2D eigenvalue weighted by atomic mass is 32.1. The van der Waals surface area contributed by atoms with Gasteiger partial charge >= 0.3 is 0 Å². The number of amides is 1. The Morgan fingerprint density at radius 1 is 1.29 bits per heavy atom. The fourth-order valence-electron chi connectivity index (χ4n) is 4.60. The minimum absolute atomic E-state index is 0.168. The summed E-state index contributed by atoms with van der Waals surface area (Å²) in [4.78, 5) is 18.0. The van der Waals surface area contributed by atoms with Gasteiger partial charge in [-0.2, -0.15) is 10.4 Å². The molecule has 0 saturated heterocycles. The molecule has 1 aromatic carbocycles. The number of aromatic nitrogens is 2. The number of hydrogen-bond donors (Lipinski definition) is 1. The number of carbonyl (C=O) groups is 1. The van der Waals surface area contributed by atoms with Crippen LogP contribution in [0.15, 0.2) is 47.7 Å². The molecule has 7 nitrogen and oxygen atoms in total. The summed E-state index contributed by atoms with van der Waals surface area (Å²) in [5.41, 5.74) is 8.15. The zero-order valence-electron chi connectivity index (χ0n) is 19.7. The van der Waals surface area contributed by atoms with Gasteiger partial charge < -0.3 is 9.30 Å². The molecular weight excluding hydrogens is 458 g/mol. The van der Waals surface area contributed by atoms with Crippen molar-refractivity contribution >= 4 is 34.4 Å². The third-order valence-corrected chi connectivity index (χ3v) is 7.56. The van der Waals surface area contributed by atoms with Gasteiger partial charge in [0.15, 0.2) is 6.61 Å². The molecule has 1 aliphatic carbocycles. The Labute approximate surface area is 207 Å². The third-order valence-electron chi connectivity index (χ3n) is 6.29. The van der Waals surface area contributed by atoms with Crippen LogP contribution < -0.4 is 10.2 Å². The summed E-state index contributed by atoms with van der Waals surface area (Å²) in [5, 5.41) is 15.9. The molecular formula is C27H25N5O2S. The first-order valence-corrected chi connectivity index (χ1v) is 12.4. The van der Waals surface area contributed by atoms with Crippen LogP contribution >= 0.6 is 11.3 Å². The number of thiophene rings is 1. The van der Waals surface area contributed by atoms with Crippen molar-refractivity contribution in [3.63, 3.8) is 0 Å². The average molecular weight is 484 g/mol. The Balaban J connectivity index is 1.28. The highest BCUT2D eigenvalue weighted by molar-refractivity contribution is 7.15. The first kappa shape index (κ1) is 22.8. The summed E-state index contributed by atoms with van der Waals surface area (Å²) >= 11 is 1.72. The summed E-state index contributed by atoms with van der Waals surface area (Å²) in [5.74, 6) is 0.193. The van der Waals surface area contributed by atoms with Crippen LogP contribution in [0, 0.1) is 25.2 Å². The summed E-state index contributed by atoms with van der Waals surface area (Å²) in [7, 11) is 0. The molecule has 0 atom stereocenters. The lowest BCUT2D eigenvalue weighted by Crippen LogP contribution is -2.24. The van der Waals surface area contributed by atoms with Crippen molar-refractivity contribution in [2.45, 2.75) is 39.5 Å². The van der Waals surface area contributed by atoms with Crippen LogP contribution in [0.2, 0.25) is 0 Å². The predicted molar refractivity (Wildman–Crippen MR) is 137 cm³/mol. The summed E-state index contributed by atoms with van der Waals surface area (Å²) in [6, 6.07) is 13.9. The number of para-hydroxylation sites is 1. The van der Waals surface area contributed by atoms with Gasteiger partial charge in [0.1, 0.15) is 22.3 Å². The molecule has 1 N–H and O–H groups in total. The second-order valence-corrected chi connectivity index (χ2v) is 9.66. The number of ether oxygens (including phenoxy) is 1. The van der Waals surface area contributed by atoms with E-state index in [1.54, 1.807) is 29.8 Å². The molecule has 0 aliphatic heterocycles. The zero-order valence-corrected chi connectivity index (χ0v) is 20.5. The van der Waals surface area contributed by atoms with E-state index in [9.17, 15) is 10.1 Å². The van der Waals surface area contributed by atoms with E-state index in [0.29, 0.717) is 11.3 Å². The predicted octanol–water partition coefficient (Wildman–Crippen LogP) is 4.98. The number of hydrogen-bond acceptors (Lipinski definition) is 6. The lowest BCUT2D eigenvalue weighted by molar-refractivity contribution is -0.123. The lowest BCUT2D eigenvalue weighted by atomic mass is 9.96. The van der Waals surface area contributed by atoms with Crippen molar-refractivity contribution in [1.82, 2.24) is 15.0 Å². The second-order valence-electron chi connectivity index (χ2n) is 8.58. The quantitative estimate of drug-likeness (QED) is 0.309. The van der Waals surface area contributed by atoms with Crippen LogP contribution in [-0.2, 0) is 17.6 Å². The monoisotopic (exact) mass is 483 g/mol. The number of aryl methyl sites for hydroxylation is 2. The Morgan fingerprint density at radius 3 is 2.97 bits per heavy atom. The van der Waals surface area contributed by atoms with E-state index in [1.165, 1.54) is 16.9 Å². The molecule has 176 valence electrons. The molecule has 0 unspecified atom stereocenters. The van der Waals surface area contributed by atoms with E-state index in [2.05, 4.69) is 26.1 Å². The standard InChI is InChI=1S/C27H25N5O2S/c1-17-13-20(18(2)32(17)27-22(14-28)21-9-3-4-11-24(21)35-27)15-30-31-25(33)16-34-23-10-5-7-19-8-6-12-29-26(19)23/h5-8,10,12-13,15H,3-4,9,11,16H2,1-2H3,(H,31,33)/b30-15+. The van der Waals surface area contributed by atoms with E-state index in [4.69, 9.17) is 4.74 Å². The van der Waals surface area contributed by atoms with E-state index in [1.807, 2.05) is 44.2 Å². The fourth-order valence-corrected chi connectivity index (χ4v) is 6.05. The minimum atomic E-state index is -0.360. The number of rotatable bonds is 6. The SMILES string of the molecule is Cc1cc(/C=N/NC(=O)COc2cccc3cccnc23)c(C)n1-c1sc2c(c1C#N)CCCC2. The Kier molecular flexibility index (Phi) is 6.34. The van der Waals surface area contributed by atoms with Crippen LogP contribution in [0.1, 0.15) is 45.8 Å². The highest BCUT2D eigenvalue weighted by Gasteiger charge is 2.23. The van der Waals surface area contributed by atoms with E-state index in [-0.39, 0.29) is 12.5 Å². The van der Waals surface area contributed by atoms with Gasteiger partial charge in [-0.25, -0.2) is 5.43 Å². The first-order chi connectivity index (χ1) is 17.1. The molecule has 5 rings (SSSR count). The second kappa shape index (κ2) is 9.72. The minimum Gasteiger partial charge on any atom is -0.481 e. The average Bonchev–Trinajstić information content (AvgIpc) is 3.38. The highest BCUT2D eigenvalue weighted by Crippen LogP contribution is 2.38. The number of carbonyl (C=O) groups excluding carboxylic acids is 1. The van der Waals surface area contributed by atoms with Crippen LogP contribution in [0.3, 0.4) is 0 Å². The number of pyridine rings is 1. The number of nitrogens with zero attached hydrogens (tertiary/aromatic N) is 4. The number of benzene rings is 1. The zero-order chi connectivity index (χ0) is 24.4. The molecule has 0 saturated carbocycles. The Morgan fingerprint density at radius 2 is 2.11 bits per heavy atom. The first-order valence-electron chi connectivity index (χ1n) is 11.6. The van der Waals surface area contributed by atoms with Gasteiger partial charge in [-0.3, -0.25) is 9.78 Å². The van der Waals surface area contributed by atoms with Crippen LogP contribution in [0.4, 0.5) is 0 Å². The van der Waals surface area contributed by atoms with E-state index >= 15 is 0 Å². The van der Waals surface area contributed by atoms with Crippen LogP contribution in [0.5, 0.6) is 5.75 Å². The summed E-state index contributed by atoms with van der Waals surface area (Å²) in [6.07, 6.45) is 7.67. The van der Waals surface area contributed by atoms with Crippen molar-refractivity contribution in [3.05, 3.63) is 75.6 Å². The van der Waals surface area contributed by atoms with Crippen LogP contribution in [-0.4, -0.2) is 28.3 Å². The molecule has 8 heteroatoms. The Hall–Kier alpha value is -3.96. The number of nitriles is 1. The number of nitrogens with one attached hydrogen (secondary N) is 1. The van der Waals surface area contributed by atoms with Gasteiger partial charge in [-0.1, -0.05) is 18.2 Å². The van der Waals surface area contributed by atoms with Crippen LogP contribution in [0.25, 0.3) is 15.9 Å². The van der Waals surface area contributed by atoms with Gasteiger partial charge in [-0.15, -0.1) is 11.3 Å². The van der Waals surface area contributed by atoms with E-state index in [0.717, 1.165) is 52.2 Å². The summed E-state index contributed by atoms with van der Waals surface area (Å²) < 4.78 is 7.80. The van der Waals surface area contributed by atoms with E-state index < -0.39 is 0 Å². The molecule has 0 radical (unpaired) electrons. The molecule has 35 heavy (non-hydrogen) atoms. The van der Waals surface area contributed by atoms with Gasteiger partial charge in [0.25, 0.3) is 5.91 Å². The maximum Gasteiger partial charge on any atom is 0.277 e. The molecule has 3 aromatic heterocycles. The normalized spacial score (nSPS) is 13.1. The number of fused-ring (bicyclic) bond motifs is 2. The topological polar surface area (TPSA) is 92.3 Å². The lowest BCUT2D eigenvalue weighted by Gasteiger charge is -2.10. The molecule has 0 bridgehead atoms. The molecule has 4 aromatic rings. The van der Waals surface area contributed by atoms with Gasteiger partial charge in [0.05, 0.1) is 11.8 Å². The molecule has 3 heterocycles. The van der Waals surface area contributed by atoms with Crippen molar-refractivity contribution in [2.75, 3.05) is 6.61 Å². The molecule has 0 spiro atoms. The van der Waals surface area contributed by atoms with Crippen molar-refractivity contribution < 1.29 is 9.53 Å². The van der Waals surface area contributed by atoms with Gasteiger partial charge in [0.2, 0.25) is 0 Å². The maximum absolute atomic E-state index is 12.3. The molecule has 0 fully saturated rings. The fraction of sp³-hybridized carbons (Fsp3) is 0.259. The third kappa shape index (κ3) is 4.43.